The van der Waals surface area contributed by atoms with Crippen LogP contribution in [0.3, 0.4) is 0 Å². The van der Waals surface area contributed by atoms with Gasteiger partial charge in [0.05, 0.1) is 16.4 Å². The minimum Gasteiger partial charge on any atom is -0.447 e. The fourth-order valence-corrected chi connectivity index (χ4v) is 3.66. The topological polar surface area (TPSA) is 25.5 Å². The van der Waals surface area contributed by atoms with E-state index in [0.717, 1.165) is 35.2 Å². The summed E-state index contributed by atoms with van der Waals surface area (Å²) in [4.78, 5) is 5.52. The molecule has 0 bridgehead atoms. The van der Waals surface area contributed by atoms with E-state index in [1.807, 2.05) is 55.5 Å². The molecule has 0 saturated carbocycles. The van der Waals surface area contributed by atoms with Crippen molar-refractivity contribution in [3.8, 4) is 0 Å². The third kappa shape index (κ3) is 4.54. The van der Waals surface area contributed by atoms with Crippen molar-refractivity contribution >= 4 is 67.1 Å². The molecule has 2 aromatic carbocycles. The molecule has 1 aromatic heterocycles. The van der Waals surface area contributed by atoms with Gasteiger partial charge < -0.3 is 4.42 Å². The van der Waals surface area contributed by atoms with E-state index in [9.17, 15) is 0 Å². The van der Waals surface area contributed by atoms with E-state index in [2.05, 4.69) is 36.9 Å². The Hall–Kier alpha value is -1.01. The predicted octanol–water partition coefficient (Wildman–Crippen LogP) is 7.67. The quantitative estimate of drug-likeness (QED) is 0.354. The van der Waals surface area contributed by atoms with Crippen LogP contribution in [0.15, 0.2) is 76.9 Å². The van der Waals surface area contributed by atoms with Crippen molar-refractivity contribution < 1.29 is 4.42 Å². The summed E-state index contributed by atoms with van der Waals surface area (Å²) in [5.74, 6) is 0.693. The molecule has 0 amide bonds. The first-order valence-corrected chi connectivity index (χ1v) is 9.82. The highest BCUT2D eigenvalue weighted by molar-refractivity contribution is 9.10. The van der Waals surface area contributed by atoms with Gasteiger partial charge in [-0.15, -0.1) is 0 Å². The van der Waals surface area contributed by atoms with E-state index in [1.54, 1.807) is 6.21 Å². The second-order valence-corrected chi connectivity index (χ2v) is 8.22. The van der Waals surface area contributed by atoms with Gasteiger partial charge in [0.1, 0.15) is 5.76 Å². The minimum atomic E-state index is 0.693. The number of hydrogen-bond donors (Lipinski definition) is 0. The largest absolute Gasteiger partial charge is 0.447 e. The third-order valence-corrected chi connectivity index (χ3v) is 6.17. The first kappa shape index (κ1) is 17.8. The number of benzene rings is 2. The van der Waals surface area contributed by atoms with Gasteiger partial charge in [0, 0.05) is 20.5 Å². The maximum atomic E-state index is 5.91. The monoisotopic (exact) mass is 483 g/mol. The van der Waals surface area contributed by atoms with Crippen molar-refractivity contribution in [1.82, 2.24) is 0 Å². The molecule has 0 atom stereocenters. The molecule has 3 aromatic rings. The zero-order chi connectivity index (χ0) is 17.1. The molecule has 1 heterocycles. The molecule has 0 aliphatic rings. The van der Waals surface area contributed by atoms with Gasteiger partial charge in [0.25, 0.3) is 0 Å². The van der Waals surface area contributed by atoms with Gasteiger partial charge in [0.2, 0.25) is 0 Å². The van der Waals surface area contributed by atoms with Crippen LogP contribution in [0, 0.1) is 6.92 Å². The number of nitrogens with zero attached hydrogens (tertiary/aromatic N) is 1. The normalized spacial score (nSPS) is 11.3. The van der Waals surface area contributed by atoms with Crippen LogP contribution in [0.25, 0.3) is 0 Å². The first-order valence-electron chi connectivity index (χ1n) is 7.04. The Balaban J connectivity index is 1.76. The van der Waals surface area contributed by atoms with Gasteiger partial charge in [-0.1, -0.05) is 39.3 Å². The molecule has 2 nitrogen and oxygen atoms in total. The molecule has 24 heavy (non-hydrogen) atoms. The zero-order valence-corrected chi connectivity index (χ0v) is 17.3. The third-order valence-electron chi connectivity index (χ3n) is 3.18. The average molecular weight is 486 g/mol. The van der Waals surface area contributed by atoms with Gasteiger partial charge in [-0.25, -0.2) is 0 Å². The minimum absolute atomic E-state index is 0.693. The highest BCUT2D eigenvalue weighted by atomic mass is 79.9. The Labute approximate surface area is 166 Å². The molecule has 0 spiro atoms. The van der Waals surface area contributed by atoms with Gasteiger partial charge in [-0.3, -0.25) is 4.99 Å². The Morgan fingerprint density at radius 1 is 1.04 bits per heavy atom. The van der Waals surface area contributed by atoms with Gasteiger partial charge >= 0.3 is 0 Å². The molecule has 0 aliphatic heterocycles. The van der Waals surface area contributed by atoms with E-state index < -0.39 is 0 Å². The lowest BCUT2D eigenvalue weighted by atomic mass is 10.2. The van der Waals surface area contributed by atoms with Crippen LogP contribution in [-0.2, 0) is 0 Å². The highest BCUT2D eigenvalue weighted by Gasteiger charge is 2.09. The molecule has 0 radical (unpaired) electrons. The standard InChI is InChI=1S/C18H12Br2ClNOS/c1-11-8-13(4-7-16(11)19)22-10-14-9-17(20)18(23-14)24-15-5-2-12(21)3-6-15/h2-10H,1H3. The fourth-order valence-electron chi connectivity index (χ4n) is 1.96. The van der Waals surface area contributed by atoms with E-state index in [-0.39, 0.29) is 0 Å². The van der Waals surface area contributed by atoms with Crippen molar-refractivity contribution in [3.63, 3.8) is 0 Å². The average Bonchev–Trinajstić information content (AvgIpc) is 2.91. The zero-order valence-electron chi connectivity index (χ0n) is 12.6. The lowest BCUT2D eigenvalue weighted by molar-refractivity contribution is 0.466. The van der Waals surface area contributed by atoms with E-state index in [4.69, 9.17) is 16.0 Å². The summed E-state index contributed by atoms with van der Waals surface area (Å²) in [6.45, 7) is 2.04. The van der Waals surface area contributed by atoms with Crippen LogP contribution in [0.2, 0.25) is 5.02 Å². The summed E-state index contributed by atoms with van der Waals surface area (Å²) in [5.41, 5.74) is 2.03. The van der Waals surface area contributed by atoms with Crippen molar-refractivity contribution in [2.24, 2.45) is 4.99 Å². The van der Waals surface area contributed by atoms with E-state index in [0.29, 0.717) is 5.76 Å². The summed E-state index contributed by atoms with van der Waals surface area (Å²) >= 11 is 14.5. The van der Waals surface area contributed by atoms with Crippen molar-refractivity contribution in [2.45, 2.75) is 16.9 Å². The number of halogens is 3. The van der Waals surface area contributed by atoms with E-state index >= 15 is 0 Å². The fraction of sp³-hybridized carbons (Fsp3) is 0.0556. The Morgan fingerprint density at radius 3 is 2.50 bits per heavy atom. The SMILES string of the molecule is Cc1cc(N=Cc2cc(Br)c(Sc3ccc(Cl)cc3)o2)ccc1Br. The van der Waals surface area contributed by atoms with Crippen molar-refractivity contribution in [3.05, 3.63) is 73.8 Å². The Morgan fingerprint density at radius 2 is 1.79 bits per heavy atom. The van der Waals surface area contributed by atoms with Crippen LogP contribution in [-0.4, -0.2) is 6.21 Å². The van der Waals surface area contributed by atoms with Gasteiger partial charge in [-0.05, 0) is 70.9 Å². The molecular weight excluding hydrogens is 474 g/mol. The number of aryl methyl sites for hydroxylation is 1. The summed E-state index contributed by atoms with van der Waals surface area (Å²) < 4.78 is 7.82. The number of rotatable bonds is 4. The van der Waals surface area contributed by atoms with Crippen molar-refractivity contribution in [1.29, 1.82) is 0 Å². The molecule has 0 N–H and O–H groups in total. The van der Waals surface area contributed by atoms with Crippen LogP contribution in [0.5, 0.6) is 0 Å². The van der Waals surface area contributed by atoms with E-state index in [1.165, 1.54) is 11.8 Å². The molecule has 122 valence electrons. The molecule has 6 heteroatoms. The molecule has 3 rings (SSSR count). The second-order valence-electron chi connectivity index (χ2n) is 5.03. The number of hydrogen-bond acceptors (Lipinski definition) is 3. The summed E-state index contributed by atoms with van der Waals surface area (Å²) in [6, 6.07) is 15.5. The Bertz CT molecular complexity index is 891. The van der Waals surface area contributed by atoms with Crippen molar-refractivity contribution in [2.75, 3.05) is 0 Å². The summed E-state index contributed by atoms with van der Waals surface area (Å²) in [7, 11) is 0. The van der Waals surface area contributed by atoms with Crippen LogP contribution in [0.4, 0.5) is 5.69 Å². The van der Waals surface area contributed by atoms with Gasteiger partial charge in [0.15, 0.2) is 5.09 Å². The predicted molar refractivity (Wildman–Crippen MR) is 108 cm³/mol. The smallest absolute Gasteiger partial charge is 0.179 e. The molecule has 0 saturated heterocycles. The maximum Gasteiger partial charge on any atom is 0.179 e. The lowest BCUT2D eigenvalue weighted by Gasteiger charge is -1.99. The first-order chi connectivity index (χ1) is 11.5. The summed E-state index contributed by atoms with van der Waals surface area (Å²) in [6.07, 6.45) is 1.72. The van der Waals surface area contributed by atoms with Crippen LogP contribution in [0.1, 0.15) is 11.3 Å². The number of furan rings is 1. The highest BCUT2D eigenvalue weighted by Crippen LogP contribution is 2.36. The lowest BCUT2D eigenvalue weighted by Crippen LogP contribution is -1.77. The van der Waals surface area contributed by atoms with Crippen LogP contribution < -0.4 is 0 Å². The maximum absolute atomic E-state index is 5.91. The van der Waals surface area contributed by atoms with Gasteiger partial charge in [-0.2, -0.15) is 0 Å². The number of aliphatic imine (C=N–C) groups is 1. The molecule has 0 aliphatic carbocycles. The summed E-state index contributed by atoms with van der Waals surface area (Å²) in [5, 5.41) is 1.50. The second kappa shape index (κ2) is 7.91. The molecular formula is C18H12Br2ClNOS. The molecule has 0 fully saturated rings. The molecule has 0 unspecified atom stereocenters. The van der Waals surface area contributed by atoms with Crippen LogP contribution >= 0.6 is 55.2 Å². The Kier molecular flexibility index (Phi) is 5.87.